The van der Waals surface area contributed by atoms with E-state index in [1.54, 1.807) is 30.3 Å². The number of hydrogen-bond donors (Lipinski definition) is 9. The van der Waals surface area contributed by atoms with E-state index in [2.05, 4.69) is 42.8 Å². The van der Waals surface area contributed by atoms with Crippen molar-refractivity contribution < 1.29 is 81.3 Å². The number of nitrogens with zero attached hydrogens (tertiary/aromatic N) is 1. The average molecular weight is 1040 g/mol. The first-order chi connectivity index (χ1) is 35.4. The van der Waals surface area contributed by atoms with E-state index in [1.165, 1.54) is 0 Å². The molecule has 1 aliphatic rings. The molecule has 0 bridgehead atoms. The minimum Gasteiger partial charge on any atom is -0.481 e. The number of amides is 6. The molecule has 0 saturated carbocycles. The Hall–Kier alpha value is -6.18. The highest BCUT2D eigenvalue weighted by molar-refractivity contribution is 5.98. The van der Waals surface area contributed by atoms with Crippen LogP contribution in [-0.2, 0) is 77.8 Å². The van der Waals surface area contributed by atoms with Crippen molar-refractivity contribution in [1.82, 2.24) is 31.9 Å². The molecular formula is C47H75N9O17. The van der Waals surface area contributed by atoms with Crippen molar-refractivity contribution in [3.05, 3.63) is 35.9 Å². The minimum absolute atomic E-state index is 0.0221. The zero-order chi connectivity index (χ0) is 53.2. The number of benzene rings is 1. The molecule has 1 fully saturated rings. The molecule has 1 aromatic carbocycles. The van der Waals surface area contributed by atoms with E-state index in [0.29, 0.717) is 97.9 Å². The van der Waals surface area contributed by atoms with Crippen molar-refractivity contribution >= 4 is 47.6 Å². The summed E-state index contributed by atoms with van der Waals surface area (Å²) in [5.74, 6) is -3.38. The first-order valence-corrected chi connectivity index (χ1v) is 24.1. The monoisotopic (exact) mass is 1040 g/mol. The molecule has 6 amide bonds. The van der Waals surface area contributed by atoms with Crippen molar-refractivity contribution in [3.63, 3.8) is 0 Å². The highest BCUT2D eigenvalue weighted by Crippen LogP contribution is 2.09. The van der Waals surface area contributed by atoms with Gasteiger partial charge in [0.2, 0.25) is 29.5 Å². The Kier molecular flexibility index (Phi) is 35.6. The van der Waals surface area contributed by atoms with Gasteiger partial charge in [0.25, 0.3) is 0 Å². The summed E-state index contributed by atoms with van der Waals surface area (Å²) < 4.78 is 48.3. The van der Waals surface area contributed by atoms with Gasteiger partial charge in [-0.1, -0.05) is 36.3 Å². The Bertz CT molecular complexity index is 1820. The van der Waals surface area contributed by atoms with Crippen LogP contribution in [0.2, 0.25) is 0 Å². The zero-order valence-corrected chi connectivity index (χ0v) is 41.4. The number of hydrogen-bond acceptors (Lipinski definition) is 17. The lowest BCUT2D eigenvalue weighted by atomic mass is 10.0. The summed E-state index contributed by atoms with van der Waals surface area (Å²) in [6.07, 6.45) is 4.42. The van der Waals surface area contributed by atoms with Crippen LogP contribution in [-0.4, -0.2) is 209 Å². The summed E-state index contributed by atoms with van der Waals surface area (Å²) in [6.45, 7) is 5.72. The topological polar surface area (TPSA) is 359 Å². The van der Waals surface area contributed by atoms with Gasteiger partial charge in [-0.15, -0.1) is 6.42 Å². The summed E-state index contributed by atoms with van der Waals surface area (Å²) in [4.78, 5) is 95.4. The number of carboxylic acid groups (broad SMARTS) is 1. The van der Waals surface area contributed by atoms with E-state index in [4.69, 9.17) is 60.5 Å². The predicted octanol–water partition coefficient (Wildman–Crippen LogP) is -2.51. The molecule has 26 heteroatoms. The Morgan fingerprint density at radius 2 is 1.08 bits per heavy atom. The SMILES string of the molecule is C#CCOCCOCCOCCOCCOCCOCCOCCOCCOC(=O)NCCCCC1NC(=O)[C@@H](Cc2ccccc2)NC(=O)[C@H](CC(=O)O)NC(=O)CNC(=O)[C@H](CCCN=C(N)N)NC1=O. The van der Waals surface area contributed by atoms with E-state index in [-0.39, 0.29) is 77.6 Å². The van der Waals surface area contributed by atoms with E-state index in [1.807, 2.05) is 0 Å². The fourth-order valence-corrected chi connectivity index (χ4v) is 6.42. The number of nitrogens with two attached hydrogens (primary N) is 2. The van der Waals surface area contributed by atoms with Crippen LogP contribution >= 0.6 is 0 Å². The number of ether oxygens (including phenoxy) is 9. The van der Waals surface area contributed by atoms with Crippen LogP contribution in [0.4, 0.5) is 4.79 Å². The van der Waals surface area contributed by atoms with Crippen LogP contribution in [0.1, 0.15) is 44.1 Å². The van der Waals surface area contributed by atoms with Crippen molar-refractivity contribution in [1.29, 1.82) is 0 Å². The molecule has 410 valence electrons. The van der Waals surface area contributed by atoms with Gasteiger partial charge in [-0.25, -0.2) is 4.79 Å². The van der Waals surface area contributed by atoms with Gasteiger partial charge < -0.3 is 91.1 Å². The van der Waals surface area contributed by atoms with Crippen LogP contribution in [0.15, 0.2) is 35.3 Å². The molecule has 0 aliphatic carbocycles. The van der Waals surface area contributed by atoms with Crippen molar-refractivity contribution in [2.75, 3.05) is 132 Å². The van der Waals surface area contributed by atoms with Crippen LogP contribution in [0.25, 0.3) is 0 Å². The summed E-state index contributed by atoms with van der Waals surface area (Å²) in [5, 5.41) is 24.7. The average Bonchev–Trinajstić information content (AvgIpc) is 3.36. The summed E-state index contributed by atoms with van der Waals surface area (Å²) in [7, 11) is 0. The van der Waals surface area contributed by atoms with Crippen molar-refractivity contribution in [2.24, 2.45) is 16.5 Å². The molecule has 1 heterocycles. The second kappa shape index (κ2) is 41.3. The summed E-state index contributed by atoms with van der Waals surface area (Å²) >= 11 is 0. The molecule has 2 rings (SSSR count). The molecule has 26 nitrogen and oxygen atoms in total. The third kappa shape index (κ3) is 33.2. The van der Waals surface area contributed by atoms with E-state index < -0.39 is 78.7 Å². The number of aliphatic carboxylic acids is 1. The number of rotatable bonds is 38. The maximum atomic E-state index is 14.0. The van der Waals surface area contributed by atoms with Gasteiger partial charge in [-0.2, -0.15) is 0 Å². The molecular weight excluding hydrogens is 963 g/mol. The first-order valence-electron chi connectivity index (χ1n) is 24.1. The lowest BCUT2D eigenvalue weighted by Gasteiger charge is -2.26. The standard InChI is InChI=1S/C47H75N9O17/c1-2-15-65-16-17-66-18-19-67-20-21-68-22-23-69-24-25-70-26-27-71-28-29-72-30-31-73-47(64)51-13-7-6-11-37-43(61)54-36(12-8-14-50-46(48)49)42(60)52-34-40(57)53-39(33-41(58)59)45(63)56-38(44(62)55-37)32-35-9-4-3-5-10-35/h1,3-5,9-10,36-39H,6-8,11-34H2,(H,51,64)(H,52,60)(H,53,57)(H,54,61)(H,55,62)(H,56,63)(H,58,59)(H4,48,49,50)/t36-,37?,38+,39-/m0/s1. The van der Waals surface area contributed by atoms with Gasteiger partial charge in [0.15, 0.2) is 5.96 Å². The fourth-order valence-electron chi connectivity index (χ4n) is 6.42. The molecule has 73 heavy (non-hydrogen) atoms. The fraction of sp³-hybridized carbons (Fsp3) is 0.660. The molecule has 0 spiro atoms. The minimum atomic E-state index is -1.61. The van der Waals surface area contributed by atoms with Gasteiger partial charge in [0.05, 0.1) is 112 Å². The lowest BCUT2D eigenvalue weighted by molar-refractivity contribution is -0.141. The number of alkyl carbamates (subject to hydrolysis) is 1. The smallest absolute Gasteiger partial charge is 0.407 e. The normalized spacial score (nSPS) is 17.6. The second-order valence-corrected chi connectivity index (χ2v) is 15.9. The van der Waals surface area contributed by atoms with E-state index in [9.17, 15) is 38.7 Å². The molecule has 4 atom stereocenters. The number of terminal acetylenes is 1. The molecule has 1 aliphatic heterocycles. The van der Waals surface area contributed by atoms with E-state index >= 15 is 0 Å². The third-order valence-corrected chi connectivity index (χ3v) is 10.0. The molecule has 0 radical (unpaired) electrons. The summed E-state index contributed by atoms with van der Waals surface area (Å²) in [6, 6.07) is 3.21. The number of carbonyl (C=O) groups excluding carboxylic acids is 6. The zero-order valence-electron chi connectivity index (χ0n) is 41.4. The van der Waals surface area contributed by atoms with Crippen LogP contribution in [0.5, 0.6) is 0 Å². The van der Waals surface area contributed by atoms with Gasteiger partial charge in [0, 0.05) is 19.5 Å². The summed E-state index contributed by atoms with van der Waals surface area (Å²) in [5.41, 5.74) is 11.5. The van der Waals surface area contributed by atoms with Gasteiger partial charge in [0.1, 0.15) is 37.4 Å². The molecule has 0 aromatic heterocycles. The Balaban J connectivity index is 1.74. The first kappa shape index (κ1) is 62.9. The quantitative estimate of drug-likeness (QED) is 0.0143. The molecule has 1 unspecified atom stereocenters. The number of guanidine groups is 1. The number of carbonyl (C=O) groups is 7. The van der Waals surface area contributed by atoms with Crippen molar-refractivity contribution in [3.8, 4) is 12.3 Å². The highest BCUT2D eigenvalue weighted by atomic mass is 16.6. The lowest BCUT2D eigenvalue weighted by Crippen LogP contribution is -2.58. The van der Waals surface area contributed by atoms with E-state index in [0.717, 1.165) is 0 Å². The molecule has 11 N–H and O–H groups in total. The highest BCUT2D eigenvalue weighted by Gasteiger charge is 2.33. The third-order valence-electron chi connectivity index (χ3n) is 10.0. The maximum Gasteiger partial charge on any atom is 0.407 e. The number of unbranched alkanes of at least 4 members (excludes halogenated alkanes) is 1. The second-order valence-electron chi connectivity index (χ2n) is 15.9. The number of aliphatic imine (C=N–C) groups is 1. The molecule has 1 aromatic rings. The Morgan fingerprint density at radius 3 is 1.60 bits per heavy atom. The van der Waals surface area contributed by atoms with Crippen LogP contribution in [0, 0.1) is 12.3 Å². The Labute approximate surface area is 425 Å². The van der Waals surface area contributed by atoms with Gasteiger partial charge in [-0.3, -0.25) is 33.8 Å². The van der Waals surface area contributed by atoms with Gasteiger partial charge >= 0.3 is 12.1 Å². The largest absolute Gasteiger partial charge is 0.481 e. The number of nitrogens with one attached hydrogen (secondary N) is 6. The van der Waals surface area contributed by atoms with Gasteiger partial charge in [-0.05, 0) is 37.7 Å². The van der Waals surface area contributed by atoms with Crippen LogP contribution in [0.3, 0.4) is 0 Å². The van der Waals surface area contributed by atoms with Crippen molar-refractivity contribution in [2.45, 2.75) is 69.1 Å². The molecule has 1 saturated heterocycles. The van der Waals surface area contributed by atoms with Crippen LogP contribution < -0.4 is 43.4 Å². The Morgan fingerprint density at radius 1 is 0.616 bits per heavy atom. The maximum absolute atomic E-state index is 14.0. The number of carboxylic acids is 1. The predicted molar refractivity (Wildman–Crippen MR) is 262 cm³/mol.